The summed E-state index contributed by atoms with van der Waals surface area (Å²) in [5.41, 5.74) is 1.99. The molecule has 1 fully saturated rings. The average Bonchev–Trinajstić information content (AvgIpc) is 2.29. The molecule has 0 bridgehead atoms. The molecule has 0 radical (unpaired) electrons. The van der Waals surface area contributed by atoms with Crippen molar-refractivity contribution >= 4 is 12.0 Å². The van der Waals surface area contributed by atoms with Crippen LogP contribution in [0.1, 0.15) is 37.0 Å². The van der Waals surface area contributed by atoms with Gasteiger partial charge < -0.3 is 4.90 Å². The summed E-state index contributed by atoms with van der Waals surface area (Å²) in [5.74, 6) is 0.834. The third-order valence-electron chi connectivity index (χ3n) is 3.50. The van der Waals surface area contributed by atoms with Gasteiger partial charge in [-0.2, -0.15) is 0 Å². The summed E-state index contributed by atoms with van der Waals surface area (Å²) >= 11 is 0. The monoisotopic (exact) mass is 217 g/mol. The molecule has 2 nitrogen and oxygen atoms in total. The highest BCUT2D eigenvalue weighted by Crippen LogP contribution is 2.27. The van der Waals surface area contributed by atoms with Gasteiger partial charge in [-0.25, -0.2) is 0 Å². The Bertz CT molecular complexity index is 358. The van der Waals surface area contributed by atoms with Crippen molar-refractivity contribution in [3.05, 3.63) is 29.8 Å². The van der Waals surface area contributed by atoms with E-state index in [2.05, 4.69) is 30.9 Å². The molecular weight excluding hydrogens is 198 g/mol. The molecular formula is C14H19NO. The average molecular weight is 217 g/mol. The fourth-order valence-electron chi connectivity index (χ4n) is 2.54. The molecule has 2 heteroatoms. The van der Waals surface area contributed by atoms with Crippen LogP contribution in [-0.4, -0.2) is 18.9 Å². The normalized spacial score (nSPS) is 25.5. The Morgan fingerprint density at radius 3 is 2.50 bits per heavy atom. The van der Waals surface area contributed by atoms with E-state index in [4.69, 9.17) is 0 Å². The summed E-state index contributed by atoms with van der Waals surface area (Å²) in [6, 6.07) is 8.50. The van der Waals surface area contributed by atoms with Gasteiger partial charge in [-0.15, -0.1) is 0 Å². The Labute approximate surface area is 97.3 Å². The lowest BCUT2D eigenvalue weighted by Gasteiger charge is -2.38. The maximum absolute atomic E-state index is 10.6. The highest BCUT2D eigenvalue weighted by Gasteiger charge is 2.22. The molecule has 2 unspecified atom stereocenters. The Kier molecular flexibility index (Phi) is 3.28. The number of carbonyl (C=O) groups is 1. The summed E-state index contributed by atoms with van der Waals surface area (Å²) in [4.78, 5) is 13.0. The van der Waals surface area contributed by atoms with E-state index in [-0.39, 0.29) is 0 Å². The second-order valence-corrected chi connectivity index (χ2v) is 4.88. The predicted octanol–water partition coefficient (Wildman–Crippen LogP) is 3.12. The smallest absolute Gasteiger partial charge is 0.150 e. The molecule has 2 rings (SSSR count). The summed E-state index contributed by atoms with van der Waals surface area (Å²) in [5, 5.41) is 0. The van der Waals surface area contributed by atoms with Crippen molar-refractivity contribution in [2.45, 2.75) is 32.7 Å². The molecule has 0 aliphatic carbocycles. The zero-order chi connectivity index (χ0) is 11.5. The summed E-state index contributed by atoms with van der Waals surface area (Å²) in [7, 11) is 0. The first-order chi connectivity index (χ1) is 7.70. The first kappa shape index (κ1) is 11.2. The van der Waals surface area contributed by atoms with Crippen LogP contribution < -0.4 is 4.90 Å². The van der Waals surface area contributed by atoms with Crippen molar-refractivity contribution in [1.29, 1.82) is 0 Å². The van der Waals surface area contributed by atoms with Crippen LogP contribution in [0.25, 0.3) is 0 Å². The zero-order valence-electron chi connectivity index (χ0n) is 10.0. The van der Waals surface area contributed by atoms with E-state index in [1.807, 2.05) is 12.1 Å². The molecule has 1 aliphatic heterocycles. The summed E-state index contributed by atoms with van der Waals surface area (Å²) < 4.78 is 0. The lowest BCUT2D eigenvalue weighted by molar-refractivity contribution is 0.112. The maximum atomic E-state index is 10.6. The van der Waals surface area contributed by atoms with Crippen molar-refractivity contribution in [2.75, 3.05) is 11.4 Å². The Morgan fingerprint density at radius 2 is 1.94 bits per heavy atom. The van der Waals surface area contributed by atoms with E-state index in [1.54, 1.807) is 0 Å². The first-order valence-corrected chi connectivity index (χ1v) is 6.02. The molecule has 16 heavy (non-hydrogen) atoms. The van der Waals surface area contributed by atoms with Crippen molar-refractivity contribution in [3.63, 3.8) is 0 Å². The van der Waals surface area contributed by atoms with E-state index in [0.717, 1.165) is 24.3 Å². The van der Waals surface area contributed by atoms with E-state index in [9.17, 15) is 4.79 Å². The molecule has 0 aromatic heterocycles. The van der Waals surface area contributed by atoms with Crippen LogP contribution >= 0.6 is 0 Å². The zero-order valence-corrected chi connectivity index (χ0v) is 10.0. The van der Waals surface area contributed by atoms with E-state index >= 15 is 0 Å². The molecule has 0 saturated carbocycles. The molecule has 2 atom stereocenters. The number of hydrogen-bond acceptors (Lipinski definition) is 2. The van der Waals surface area contributed by atoms with Crippen molar-refractivity contribution in [2.24, 2.45) is 5.92 Å². The quantitative estimate of drug-likeness (QED) is 0.709. The van der Waals surface area contributed by atoms with Crippen molar-refractivity contribution in [1.82, 2.24) is 0 Å². The van der Waals surface area contributed by atoms with Gasteiger partial charge in [-0.3, -0.25) is 4.79 Å². The fourth-order valence-corrected chi connectivity index (χ4v) is 2.54. The number of hydrogen-bond donors (Lipinski definition) is 0. The second-order valence-electron chi connectivity index (χ2n) is 4.88. The van der Waals surface area contributed by atoms with Gasteiger partial charge >= 0.3 is 0 Å². The number of benzene rings is 1. The van der Waals surface area contributed by atoms with Crippen LogP contribution in [0.15, 0.2) is 24.3 Å². The standard InChI is InChI=1S/C14H19NO/c1-11-7-8-15(12(2)9-11)14-5-3-13(10-16)4-6-14/h3-6,10-12H,7-9H2,1-2H3. The molecule has 0 amide bonds. The van der Waals surface area contributed by atoms with E-state index < -0.39 is 0 Å². The maximum Gasteiger partial charge on any atom is 0.150 e. The highest BCUT2D eigenvalue weighted by molar-refractivity contribution is 5.75. The predicted molar refractivity (Wildman–Crippen MR) is 67.0 cm³/mol. The molecule has 1 aliphatic rings. The summed E-state index contributed by atoms with van der Waals surface area (Å²) in [6.45, 7) is 5.73. The summed E-state index contributed by atoms with van der Waals surface area (Å²) in [6.07, 6.45) is 3.42. The van der Waals surface area contributed by atoms with Gasteiger partial charge in [-0.1, -0.05) is 6.92 Å². The van der Waals surface area contributed by atoms with Crippen molar-refractivity contribution < 1.29 is 4.79 Å². The Morgan fingerprint density at radius 1 is 1.25 bits per heavy atom. The second kappa shape index (κ2) is 4.69. The van der Waals surface area contributed by atoms with Gasteiger partial charge in [0.05, 0.1) is 0 Å². The third-order valence-corrected chi connectivity index (χ3v) is 3.50. The SMILES string of the molecule is CC1CCN(c2ccc(C=O)cc2)C(C)C1. The number of aldehydes is 1. The highest BCUT2D eigenvalue weighted by atomic mass is 16.1. The van der Waals surface area contributed by atoms with Gasteiger partial charge in [0.25, 0.3) is 0 Å². The number of carbonyl (C=O) groups excluding carboxylic acids is 1. The van der Waals surface area contributed by atoms with E-state index in [1.165, 1.54) is 18.5 Å². The minimum absolute atomic E-state index is 0.603. The Balaban J connectivity index is 2.14. The lowest BCUT2D eigenvalue weighted by atomic mass is 9.93. The first-order valence-electron chi connectivity index (χ1n) is 6.02. The molecule has 0 spiro atoms. The number of nitrogens with zero attached hydrogens (tertiary/aromatic N) is 1. The van der Waals surface area contributed by atoms with Gasteiger partial charge in [0.1, 0.15) is 6.29 Å². The minimum atomic E-state index is 0.603. The number of rotatable bonds is 2. The third kappa shape index (κ3) is 2.26. The number of piperidine rings is 1. The molecule has 0 N–H and O–H groups in total. The van der Waals surface area contributed by atoms with Gasteiger partial charge in [0.15, 0.2) is 0 Å². The van der Waals surface area contributed by atoms with Crippen LogP contribution in [0.4, 0.5) is 5.69 Å². The van der Waals surface area contributed by atoms with Crippen LogP contribution in [0.2, 0.25) is 0 Å². The van der Waals surface area contributed by atoms with Crippen LogP contribution in [-0.2, 0) is 0 Å². The number of anilines is 1. The van der Waals surface area contributed by atoms with Crippen LogP contribution in [0, 0.1) is 5.92 Å². The van der Waals surface area contributed by atoms with E-state index in [0.29, 0.717) is 6.04 Å². The topological polar surface area (TPSA) is 20.3 Å². The molecule has 1 heterocycles. The largest absolute Gasteiger partial charge is 0.369 e. The molecule has 86 valence electrons. The molecule has 1 aromatic rings. The van der Waals surface area contributed by atoms with Crippen LogP contribution in [0.5, 0.6) is 0 Å². The lowest BCUT2D eigenvalue weighted by Crippen LogP contribution is -2.40. The fraction of sp³-hybridized carbons (Fsp3) is 0.500. The molecule has 1 saturated heterocycles. The van der Waals surface area contributed by atoms with Gasteiger partial charge in [0, 0.05) is 23.8 Å². The van der Waals surface area contributed by atoms with Crippen molar-refractivity contribution in [3.8, 4) is 0 Å². The van der Waals surface area contributed by atoms with Crippen LogP contribution in [0.3, 0.4) is 0 Å². The Hall–Kier alpha value is -1.31. The minimum Gasteiger partial charge on any atom is -0.369 e. The van der Waals surface area contributed by atoms with Gasteiger partial charge in [-0.05, 0) is 49.9 Å². The van der Waals surface area contributed by atoms with Gasteiger partial charge in [0.2, 0.25) is 0 Å². The molecule has 1 aromatic carbocycles.